The highest BCUT2D eigenvalue weighted by Crippen LogP contribution is 2.16. The zero-order valence-electron chi connectivity index (χ0n) is 8.33. The van der Waals surface area contributed by atoms with Crippen molar-refractivity contribution in [2.24, 2.45) is 5.73 Å². The highest BCUT2D eigenvalue weighted by molar-refractivity contribution is 5.79. The van der Waals surface area contributed by atoms with E-state index in [1.807, 2.05) is 18.2 Å². The molecule has 14 heavy (non-hydrogen) atoms. The number of aromatic nitrogens is 1. The van der Waals surface area contributed by atoms with Crippen molar-refractivity contribution in [3.63, 3.8) is 0 Å². The van der Waals surface area contributed by atoms with Crippen LogP contribution in [0.4, 0.5) is 0 Å². The van der Waals surface area contributed by atoms with Crippen LogP contribution in [0.1, 0.15) is 18.2 Å². The molecule has 0 bridgehead atoms. The first-order chi connectivity index (χ1) is 6.85. The molecule has 2 nitrogen and oxygen atoms in total. The Kier molecular flexibility index (Phi) is 2.46. The summed E-state index contributed by atoms with van der Waals surface area (Å²) in [4.78, 5) is 4.54. The third-order valence-corrected chi connectivity index (χ3v) is 2.47. The van der Waals surface area contributed by atoms with E-state index in [1.54, 1.807) is 0 Å². The second kappa shape index (κ2) is 3.76. The van der Waals surface area contributed by atoms with Gasteiger partial charge in [0.25, 0.3) is 0 Å². The molecule has 1 aromatic heterocycles. The average Bonchev–Trinajstić information content (AvgIpc) is 2.27. The van der Waals surface area contributed by atoms with Crippen molar-refractivity contribution >= 4 is 10.9 Å². The van der Waals surface area contributed by atoms with Crippen LogP contribution < -0.4 is 5.73 Å². The van der Waals surface area contributed by atoms with Gasteiger partial charge < -0.3 is 5.73 Å². The number of nitrogens with two attached hydrogens (primary N) is 1. The topological polar surface area (TPSA) is 38.9 Å². The molecule has 2 heteroatoms. The summed E-state index contributed by atoms with van der Waals surface area (Å²) in [5.74, 6) is 0. The molecule has 0 radical (unpaired) electrons. The highest BCUT2D eigenvalue weighted by atomic mass is 14.7. The molecule has 2 N–H and O–H groups in total. The maximum absolute atomic E-state index is 5.65. The molecule has 0 aliphatic heterocycles. The van der Waals surface area contributed by atoms with Crippen LogP contribution in [0.2, 0.25) is 0 Å². The smallest absolute Gasteiger partial charge is 0.0706 e. The molecule has 0 aliphatic carbocycles. The van der Waals surface area contributed by atoms with Crippen molar-refractivity contribution in [1.29, 1.82) is 0 Å². The highest BCUT2D eigenvalue weighted by Gasteiger charge is 2.02. The fourth-order valence-electron chi connectivity index (χ4n) is 1.68. The summed E-state index contributed by atoms with van der Waals surface area (Å²) in [5, 5.41) is 1.20. The second-order valence-electron chi connectivity index (χ2n) is 3.34. The molecule has 0 fully saturated rings. The van der Waals surface area contributed by atoms with Crippen LogP contribution in [0.25, 0.3) is 10.9 Å². The van der Waals surface area contributed by atoms with Gasteiger partial charge in [-0.1, -0.05) is 25.1 Å². The molecule has 0 amide bonds. The van der Waals surface area contributed by atoms with E-state index in [1.165, 1.54) is 10.9 Å². The molecule has 0 atom stereocenters. The van der Waals surface area contributed by atoms with Crippen LogP contribution in [0.3, 0.4) is 0 Å². The Balaban J connectivity index is 2.69. The molecule has 72 valence electrons. The Morgan fingerprint density at radius 3 is 2.79 bits per heavy atom. The van der Waals surface area contributed by atoms with Gasteiger partial charge in [-0.25, -0.2) is 0 Å². The van der Waals surface area contributed by atoms with Gasteiger partial charge in [0.2, 0.25) is 0 Å². The van der Waals surface area contributed by atoms with E-state index >= 15 is 0 Å². The standard InChI is InChI=1S/C12H14N2/c1-2-9-7-10-5-3-4-6-11(10)14-12(9)8-13/h3-7H,2,8,13H2,1H3. The zero-order valence-corrected chi connectivity index (χ0v) is 8.33. The van der Waals surface area contributed by atoms with Gasteiger partial charge in [-0.3, -0.25) is 4.98 Å². The lowest BCUT2D eigenvalue weighted by atomic mass is 10.1. The normalized spacial score (nSPS) is 10.7. The molecule has 0 unspecified atom stereocenters. The zero-order chi connectivity index (χ0) is 9.97. The number of hydrogen-bond donors (Lipinski definition) is 1. The summed E-state index contributed by atoms with van der Waals surface area (Å²) in [5.41, 5.74) is 8.96. The van der Waals surface area contributed by atoms with Gasteiger partial charge in [-0.15, -0.1) is 0 Å². The number of fused-ring (bicyclic) bond motifs is 1. The minimum Gasteiger partial charge on any atom is -0.325 e. The van der Waals surface area contributed by atoms with Gasteiger partial charge in [0.15, 0.2) is 0 Å². The van der Waals surface area contributed by atoms with E-state index in [-0.39, 0.29) is 0 Å². The Morgan fingerprint density at radius 2 is 2.07 bits per heavy atom. The Hall–Kier alpha value is -1.41. The van der Waals surface area contributed by atoms with Crippen LogP contribution in [-0.4, -0.2) is 4.98 Å². The fourth-order valence-corrected chi connectivity index (χ4v) is 1.68. The van der Waals surface area contributed by atoms with Crippen molar-refractivity contribution in [3.8, 4) is 0 Å². The molecular weight excluding hydrogens is 172 g/mol. The van der Waals surface area contributed by atoms with Crippen LogP contribution in [0.15, 0.2) is 30.3 Å². The summed E-state index contributed by atoms with van der Waals surface area (Å²) < 4.78 is 0. The molecule has 0 saturated heterocycles. The molecule has 2 aromatic rings. The molecule has 0 aliphatic rings. The van der Waals surface area contributed by atoms with Gasteiger partial charge >= 0.3 is 0 Å². The lowest BCUT2D eigenvalue weighted by Crippen LogP contribution is -2.04. The SMILES string of the molecule is CCc1cc2ccccc2nc1CN. The number of pyridine rings is 1. The van der Waals surface area contributed by atoms with Crippen LogP contribution in [0.5, 0.6) is 0 Å². The van der Waals surface area contributed by atoms with Crippen LogP contribution in [0, 0.1) is 0 Å². The molecular formula is C12H14N2. The van der Waals surface area contributed by atoms with E-state index in [2.05, 4.69) is 24.0 Å². The summed E-state index contributed by atoms with van der Waals surface area (Å²) >= 11 is 0. The monoisotopic (exact) mass is 186 g/mol. The third-order valence-electron chi connectivity index (χ3n) is 2.47. The number of rotatable bonds is 2. The van der Waals surface area contributed by atoms with Crippen molar-refractivity contribution in [2.45, 2.75) is 19.9 Å². The Labute approximate surface area is 83.8 Å². The Bertz CT molecular complexity index is 407. The predicted molar refractivity (Wildman–Crippen MR) is 59.0 cm³/mol. The number of hydrogen-bond acceptors (Lipinski definition) is 2. The van der Waals surface area contributed by atoms with Gasteiger partial charge in [0, 0.05) is 11.9 Å². The first kappa shape index (κ1) is 9.16. The van der Waals surface area contributed by atoms with Crippen LogP contribution >= 0.6 is 0 Å². The van der Waals surface area contributed by atoms with Crippen molar-refractivity contribution < 1.29 is 0 Å². The van der Waals surface area contributed by atoms with Crippen molar-refractivity contribution in [3.05, 3.63) is 41.6 Å². The maximum atomic E-state index is 5.65. The summed E-state index contributed by atoms with van der Waals surface area (Å²) in [6.45, 7) is 2.65. The number of nitrogens with zero attached hydrogens (tertiary/aromatic N) is 1. The summed E-state index contributed by atoms with van der Waals surface area (Å²) in [6, 6.07) is 10.3. The number of benzene rings is 1. The van der Waals surface area contributed by atoms with Gasteiger partial charge in [-0.2, -0.15) is 0 Å². The van der Waals surface area contributed by atoms with Gasteiger partial charge in [0.1, 0.15) is 0 Å². The van der Waals surface area contributed by atoms with Gasteiger partial charge in [-0.05, 0) is 24.1 Å². The van der Waals surface area contributed by atoms with Crippen molar-refractivity contribution in [2.75, 3.05) is 0 Å². The molecule has 0 saturated carbocycles. The second-order valence-corrected chi connectivity index (χ2v) is 3.34. The van der Waals surface area contributed by atoms with E-state index in [4.69, 9.17) is 5.73 Å². The maximum Gasteiger partial charge on any atom is 0.0706 e. The fraction of sp³-hybridized carbons (Fsp3) is 0.250. The third kappa shape index (κ3) is 1.49. The van der Waals surface area contributed by atoms with E-state index in [9.17, 15) is 0 Å². The van der Waals surface area contributed by atoms with Crippen LogP contribution in [-0.2, 0) is 13.0 Å². The number of para-hydroxylation sites is 1. The largest absolute Gasteiger partial charge is 0.325 e. The quantitative estimate of drug-likeness (QED) is 0.781. The lowest BCUT2D eigenvalue weighted by Gasteiger charge is -2.06. The molecule has 1 heterocycles. The van der Waals surface area contributed by atoms with E-state index in [0.717, 1.165) is 17.6 Å². The molecule has 1 aromatic carbocycles. The summed E-state index contributed by atoms with van der Waals surface area (Å²) in [7, 11) is 0. The lowest BCUT2D eigenvalue weighted by molar-refractivity contribution is 0.950. The van der Waals surface area contributed by atoms with Crippen molar-refractivity contribution in [1.82, 2.24) is 4.98 Å². The average molecular weight is 186 g/mol. The predicted octanol–water partition coefficient (Wildman–Crippen LogP) is 2.26. The van der Waals surface area contributed by atoms with Gasteiger partial charge in [0.05, 0.1) is 11.2 Å². The Morgan fingerprint density at radius 1 is 1.29 bits per heavy atom. The summed E-state index contributed by atoms with van der Waals surface area (Å²) in [6.07, 6.45) is 0.990. The molecule has 2 rings (SSSR count). The number of aryl methyl sites for hydroxylation is 1. The van der Waals surface area contributed by atoms with E-state index < -0.39 is 0 Å². The first-order valence-electron chi connectivity index (χ1n) is 4.92. The minimum atomic E-state index is 0.522. The minimum absolute atomic E-state index is 0.522. The first-order valence-corrected chi connectivity index (χ1v) is 4.92. The van der Waals surface area contributed by atoms with E-state index in [0.29, 0.717) is 6.54 Å². The molecule has 0 spiro atoms.